The zero-order valence-corrected chi connectivity index (χ0v) is 12.7. The molecule has 1 fully saturated rings. The fourth-order valence-corrected chi connectivity index (χ4v) is 3.03. The summed E-state index contributed by atoms with van der Waals surface area (Å²) in [4.78, 5) is 2.50. The Bertz CT molecular complexity index is 455. The molecule has 0 amide bonds. The molecule has 1 saturated heterocycles. The molecule has 0 saturated carbocycles. The molecule has 2 N–H and O–H groups in total. The Balaban J connectivity index is 0.00000147. The average molecular weight is 299 g/mol. The molecule has 0 aliphatic carbocycles. The Morgan fingerprint density at radius 2 is 2.00 bits per heavy atom. The van der Waals surface area contributed by atoms with Gasteiger partial charge in [-0.15, -0.1) is 12.4 Å². The van der Waals surface area contributed by atoms with Gasteiger partial charge in [-0.2, -0.15) is 0 Å². The number of fused-ring (bicyclic) bond motifs is 1. The highest BCUT2D eigenvalue weighted by Crippen LogP contribution is 2.32. The maximum absolute atomic E-state index is 5.78. The molecule has 2 aliphatic heterocycles. The van der Waals surface area contributed by atoms with Gasteiger partial charge in [0.25, 0.3) is 0 Å². The van der Waals surface area contributed by atoms with E-state index in [2.05, 4.69) is 24.0 Å². The van der Waals surface area contributed by atoms with Gasteiger partial charge in [-0.1, -0.05) is 6.07 Å². The van der Waals surface area contributed by atoms with Gasteiger partial charge in [-0.25, -0.2) is 0 Å². The summed E-state index contributed by atoms with van der Waals surface area (Å²) in [5, 5.41) is 0. The number of hydrogen-bond donors (Lipinski definition) is 1. The molecule has 4 nitrogen and oxygen atoms in total. The minimum Gasteiger partial charge on any atom is -0.486 e. The number of nitrogens with two attached hydrogens (primary N) is 1. The van der Waals surface area contributed by atoms with Crippen LogP contribution in [0.4, 0.5) is 0 Å². The molecule has 3 rings (SSSR count). The summed E-state index contributed by atoms with van der Waals surface area (Å²) < 4.78 is 11.2. The van der Waals surface area contributed by atoms with Gasteiger partial charge in [0, 0.05) is 19.1 Å². The number of halogens is 1. The number of nitrogens with zero attached hydrogens (tertiary/aromatic N) is 1. The van der Waals surface area contributed by atoms with Crippen LogP contribution in [0.5, 0.6) is 11.5 Å². The van der Waals surface area contributed by atoms with E-state index in [4.69, 9.17) is 15.2 Å². The molecule has 2 atom stereocenters. The fourth-order valence-electron chi connectivity index (χ4n) is 3.03. The highest BCUT2D eigenvalue weighted by Gasteiger charge is 2.28. The van der Waals surface area contributed by atoms with E-state index in [1.165, 1.54) is 12.0 Å². The van der Waals surface area contributed by atoms with Crippen molar-refractivity contribution in [1.82, 2.24) is 4.90 Å². The van der Waals surface area contributed by atoms with Crippen molar-refractivity contribution in [2.24, 2.45) is 11.7 Å². The molecule has 0 spiro atoms. The first-order chi connectivity index (χ1) is 9.26. The molecule has 2 aliphatic rings. The van der Waals surface area contributed by atoms with Crippen LogP contribution in [0, 0.1) is 5.92 Å². The second kappa shape index (κ2) is 6.66. The highest BCUT2D eigenvalue weighted by molar-refractivity contribution is 5.85. The van der Waals surface area contributed by atoms with Crippen LogP contribution in [0.3, 0.4) is 0 Å². The van der Waals surface area contributed by atoms with Crippen LogP contribution in [0.25, 0.3) is 0 Å². The third kappa shape index (κ3) is 3.19. The van der Waals surface area contributed by atoms with E-state index in [0.717, 1.165) is 31.1 Å². The highest BCUT2D eigenvalue weighted by atomic mass is 35.5. The fraction of sp³-hybridized carbons (Fsp3) is 0.600. The predicted octanol–water partition coefficient (Wildman–Crippen LogP) is 2.05. The van der Waals surface area contributed by atoms with Crippen LogP contribution in [0.2, 0.25) is 0 Å². The molecule has 2 heterocycles. The zero-order chi connectivity index (χ0) is 13.2. The Hall–Kier alpha value is -0.970. The van der Waals surface area contributed by atoms with Crippen molar-refractivity contribution in [3.63, 3.8) is 0 Å². The summed E-state index contributed by atoms with van der Waals surface area (Å²) >= 11 is 0. The van der Waals surface area contributed by atoms with E-state index >= 15 is 0 Å². The van der Waals surface area contributed by atoms with Crippen LogP contribution in [0.1, 0.15) is 18.9 Å². The molecule has 2 unspecified atom stereocenters. The second-order valence-electron chi connectivity index (χ2n) is 5.59. The van der Waals surface area contributed by atoms with Gasteiger partial charge in [-0.3, -0.25) is 4.90 Å². The molecule has 0 radical (unpaired) electrons. The normalized spacial score (nSPS) is 25.3. The minimum atomic E-state index is 0. The Labute approximate surface area is 126 Å². The molecular weight excluding hydrogens is 276 g/mol. The topological polar surface area (TPSA) is 47.7 Å². The Kier molecular flexibility index (Phi) is 5.13. The molecule has 1 aromatic rings. The first kappa shape index (κ1) is 15.4. The standard InChI is InChI=1S/C15H22N2O2.ClH/c1-11-6-13(8-16)10-17(11)9-12-2-3-14-15(7-12)19-5-4-18-14;/h2-3,7,11,13H,4-6,8-10,16H2,1H3;1H. The van der Waals surface area contributed by atoms with Crippen molar-refractivity contribution in [3.8, 4) is 11.5 Å². The summed E-state index contributed by atoms with van der Waals surface area (Å²) in [6.07, 6.45) is 1.21. The maximum atomic E-state index is 5.78. The van der Waals surface area contributed by atoms with Gasteiger partial charge in [0.2, 0.25) is 0 Å². The minimum absolute atomic E-state index is 0. The monoisotopic (exact) mass is 298 g/mol. The molecule has 112 valence electrons. The van der Waals surface area contributed by atoms with Crippen molar-refractivity contribution in [2.75, 3.05) is 26.3 Å². The van der Waals surface area contributed by atoms with E-state index in [9.17, 15) is 0 Å². The van der Waals surface area contributed by atoms with E-state index in [1.54, 1.807) is 0 Å². The summed E-state index contributed by atoms with van der Waals surface area (Å²) in [5.74, 6) is 2.39. The predicted molar refractivity (Wildman–Crippen MR) is 81.7 cm³/mol. The smallest absolute Gasteiger partial charge is 0.161 e. The van der Waals surface area contributed by atoms with E-state index < -0.39 is 0 Å². The first-order valence-electron chi connectivity index (χ1n) is 7.09. The van der Waals surface area contributed by atoms with Crippen molar-refractivity contribution < 1.29 is 9.47 Å². The van der Waals surface area contributed by atoms with Crippen LogP contribution in [0.15, 0.2) is 18.2 Å². The number of rotatable bonds is 3. The molecule has 0 bridgehead atoms. The largest absolute Gasteiger partial charge is 0.486 e. The van der Waals surface area contributed by atoms with Crippen LogP contribution in [-0.4, -0.2) is 37.2 Å². The van der Waals surface area contributed by atoms with E-state index in [1.807, 2.05) is 6.07 Å². The molecule has 5 heteroatoms. The van der Waals surface area contributed by atoms with Crippen LogP contribution < -0.4 is 15.2 Å². The summed E-state index contributed by atoms with van der Waals surface area (Å²) in [6, 6.07) is 6.87. The van der Waals surface area contributed by atoms with Gasteiger partial charge < -0.3 is 15.2 Å². The van der Waals surface area contributed by atoms with Gasteiger partial charge >= 0.3 is 0 Å². The molecular formula is C15H23ClN2O2. The molecule has 20 heavy (non-hydrogen) atoms. The van der Waals surface area contributed by atoms with Crippen LogP contribution in [-0.2, 0) is 6.54 Å². The van der Waals surface area contributed by atoms with Gasteiger partial charge in [-0.05, 0) is 43.5 Å². The van der Waals surface area contributed by atoms with Gasteiger partial charge in [0.15, 0.2) is 11.5 Å². The summed E-state index contributed by atoms with van der Waals surface area (Å²) in [5.41, 5.74) is 7.07. The molecule has 1 aromatic carbocycles. The SMILES string of the molecule is CC1CC(CN)CN1Cc1ccc2c(c1)OCCO2.Cl. The van der Waals surface area contributed by atoms with Crippen molar-refractivity contribution in [3.05, 3.63) is 23.8 Å². The van der Waals surface area contributed by atoms with Crippen molar-refractivity contribution >= 4 is 12.4 Å². The lowest BCUT2D eigenvalue weighted by atomic mass is 10.1. The van der Waals surface area contributed by atoms with Crippen molar-refractivity contribution in [1.29, 1.82) is 0 Å². The van der Waals surface area contributed by atoms with E-state index in [0.29, 0.717) is 25.2 Å². The third-order valence-electron chi connectivity index (χ3n) is 4.12. The number of hydrogen-bond acceptors (Lipinski definition) is 4. The van der Waals surface area contributed by atoms with Gasteiger partial charge in [0.1, 0.15) is 13.2 Å². The maximum Gasteiger partial charge on any atom is 0.161 e. The second-order valence-corrected chi connectivity index (χ2v) is 5.59. The van der Waals surface area contributed by atoms with E-state index in [-0.39, 0.29) is 12.4 Å². The Morgan fingerprint density at radius 3 is 2.70 bits per heavy atom. The third-order valence-corrected chi connectivity index (χ3v) is 4.12. The lowest BCUT2D eigenvalue weighted by molar-refractivity contribution is 0.171. The van der Waals surface area contributed by atoms with Crippen LogP contribution >= 0.6 is 12.4 Å². The summed E-state index contributed by atoms with van der Waals surface area (Å²) in [7, 11) is 0. The first-order valence-corrected chi connectivity index (χ1v) is 7.09. The summed E-state index contributed by atoms with van der Waals surface area (Å²) in [6.45, 7) is 6.44. The lowest BCUT2D eigenvalue weighted by Crippen LogP contribution is -2.27. The quantitative estimate of drug-likeness (QED) is 0.928. The van der Waals surface area contributed by atoms with Crippen molar-refractivity contribution in [2.45, 2.75) is 25.9 Å². The Morgan fingerprint density at radius 1 is 1.25 bits per heavy atom. The zero-order valence-electron chi connectivity index (χ0n) is 11.9. The molecule has 0 aromatic heterocycles. The lowest BCUT2D eigenvalue weighted by Gasteiger charge is -2.23. The average Bonchev–Trinajstić information content (AvgIpc) is 2.79. The number of likely N-dealkylation sites (tertiary alicyclic amines) is 1. The van der Waals surface area contributed by atoms with Gasteiger partial charge in [0.05, 0.1) is 0 Å². The number of ether oxygens (including phenoxy) is 2. The number of benzene rings is 1.